The van der Waals surface area contributed by atoms with Gasteiger partial charge in [-0.25, -0.2) is 8.78 Å². The second-order valence-electron chi connectivity index (χ2n) is 4.62. The Labute approximate surface area is 127 Å². The minimum atomic E-state index is -0.565. The van der Waals surface area contributed by atoms with Crippen LogP contribution in [0.15, 0.2) is 48.5 Å². The van der Waals surface area contributed by atoms with Crippen molar-refractivity contribution >= 4 is 16.3 Å². The van der Waals surface area contributed by atoms with Crippen LogP contribution in [-0.4, -0.2) is 19.8 Å². The molecule has 22 heavy (non-hydrogen) atoms. The standard InChI is InChI=1S/C15H8F2N4S/c16-10-6-7-12(17)11(8-10)13-18-19-15-21(13)20-14(22-15)9-4-2-1-3-5-9/h1-8H. The van der Waals surface area contributed by atoms with Crippen molar-refractivity contribution in [2.75, 3.05) is 0 Å². The zero-order valence-electron chi connectivity index (χ0n) is 11.1. The molecular formula is C15H8F2N4S. The number of nitrogens with zero attached hydrogens (tertiary/aromatic N) is 4. The number of benzene rings is 2. The van der Waals surface area contributed by atoms with Gasteiger partial charge in [-0.1, -0.05) is 41.7 Å². The molecule has 0 spiro atoms. The highest BCUT2D eigenvalue weighted by molar-refractivity contribution is 7.19. The molecule has 0 aliphatic heterocycles. The first kappa shape index (κ1) is 13.0. The molecule has 0 unspecified atom stereocenters. The first-order valence-electron chi connectivity index (χ1n) is 6.45. The smallest absolute Gasteiger partial charge is 0.207 e. The maximum Gasteiger partial charge on any atom is 0.235 e. The van der Waals surface area contributed by atoms with Crippen LogP contribution in [0.3, 0.4) is 0 Å². The molecule has 2 heterocycles. The summed E-state index contributed by atoms with van der Waals surface area (Å²) < 4.78 is 28.7. The van der Waals surface area contributed by atoms with Gasteiger partial charge in [-0.2, -0.15) is 9.61 Å². The van der Waals surface area contributed by atoms with E-state index < -0.39 is 11.6 Å². The number of aromatic nitrogens is 4. The lowest BCUT2D eigenvalue weighted by molar-refractivity contribution is 0.601. The topological polar surface area (TPSA) is 43.1 Å². The highest BCUT2D eigenvalue weighted by Gasteiger charge is 2.17. The Hall–Kier alpha value is -2.67. The van der Waals surface area contributed by atoms with Gasteiger partial charge in [0.05, 0.1) is 5.56 Å². The lowest BCUT2D eigenvalue weighted by atomic mass is 10.2. The molecule has 0 N–H and O–H groups in total. The lowest BCUT2D eigenvalue weighted by Gasteiger charge is -1.99. The normalized spacial score (nSPS) is 11.2. The Balaban J connectivity index is 1.90. The summed E-state index contributed by atoms with van der Waals surface area (Å²) in [6, 6.07) is 12.8. The number of halogens is 2. The molecule has 0 saturated carbocycles. The van der Waals surface area contributed by atoms with Gasteiger partial charge >= 0.3 is 0 Å². The predicted molar refractivity (Wildman–Crippen MR) is 79.4 cm³/mol. The van der Waals surface area contributed by atoms with Gasteiger partial charge in [0.2, 0.25) is 4.96 Å². The second-order valence-corrected chi connectivity index (χ2v) is 5.57. The Bertz CT molecular complexity index is 962. The number of rotatable bonds is 2. The zero-order chi connectivity index (χ0) is 15.1. The first-order valence-corrected chi connectivity index (χ1v) is 7.27. The SMILES string of the molecule is Fc1ccc(F)c(-c2nnc3sc(-c4ccccc4)nn23)c1. The highest BCUT2D eigenvalue weighted by atomic mass is 32.1. The van der Waals surface area contributed by atoms with E-state index in [-0.39, 0.29) is 11.4 Å². The molecule has 0 saturated heterocycles. The van der Waals surface area contributed by atoms with Crippen molar-refractivity contribution < 1.29 is 8.78 Å². The minimum absolute atomic E-state index is 0.0393. The Morgan fingerprint density at radius 2 is 1.77 bits per heavy atom. The average molecular weight is 314 g/mol. The van der Waals surface area contributed by atoms with E-state index in [4.69, 9.17) is 0 Å². The molecule has 0 amide bonds. The fourth-order valence-corrected chi connectivity index (χ4v) is 3.00. The fraction of sp³-hybridized carbons (Fsp3) is 0. The van der Waals surface area contributed by atoms with Gasteiger partial charge in [-0.05, 0) is 18.2 Å². The van der Waals surface area contributed by atoms with Crippen molar-refractivity contribution in [3.63, 3.8) is 0 Å². The molecule has 7 heteroatoms. The first-order chi connectivity index (χ1) is 10.7. The van der Waals surface area contributed by atoms with Crippen molar-refractivity contribution in [1.82, 2.24) is 19.8 Å². The number of fused-ring (bicyclic) bond motifs is 1. The summed E-state index contributed by atoms with van der Waals surface area (Å²) in [6.07, 6.45) is 0. The molecule has 0 fully saturated rings. The molecule has 0 bridgehead atoms. The van der Waals surface area contributed by atoms with Crippen LogP contribution < -0.4 is 0 Å². The Morgan fingerprint density at radius 1 is 0.955 bits per heavy atom. The van der Waals surface area contributed by atoms with Gasteiger partial charge in [0.1, 0.15) is 16.6 Å². The van der Waals surface area contributed by atoms with Gasteiger partial charge in [0, 0.05) is 5.56 Å². The zero-order valence-corrected chi connectivity index (χ0v) is 11.9. The molecule has 4 rings (SSSR count). The molecule has 108 valence electrons. The molecule has 0 aliphatic carbocycles. The molecule has 0 atom stereocenters. The third-order valence-electron chi connectivity index (χ3n) is 3.18. The summed E-state index contributed by atoms with van der Waals surface area (Å²) in [6.45, 7) is 0. The van der Waals surface area contributed by atoms with Gasteiger partial charge in [-0.15, -0.1) is 10.2 Å². The van der Waals surface area contributed by atoms with E-state index in [1.54, 1.807) is 0 Å². The summed E-state index contributed by atoms with van der Waals surface area (Å²) in [7, 11) is 0. The van der Waals surface area contributed by atoms with Crippen molar-refractivity contribution in [3.05, 3.63) is 60.2 Å². The summed E-state index contributed by atoms with van der Waals surface area (Å²) in [4.78, 5) is 0.525. The summed E-state index contributed by atoms with van der Waals surface area (Å²) >= 11 is 1.34. The van der Waals surface area contributed by atoms with Gasteiger partial charge in [-0.3, -0.25) is 0 Å². The minimum Gasteiger partial charge on any atom is -0.207 e. The third kappa shape index (κ3) is 2.06. The molecular weight excluding hydrogens is 306 g/mol. The molecule has 4 aromatic rings. The van der Waals surface area contributed by atoms with Crippen LogP contribution in [0.1, 0.15) is 0 Å². The molecule has 2 aromatic heterocycles. The van der Waals surface area contributed by atoms with Crippen LogP contribution in [0.5, 0.6) is 0 Å². The van der Waals surface area contributed by atoms with Crippen LogP contribution in [0.2, 0.25) is 0 Å². The van der Waals surface area contributed by atoms with Crippen LogP contribution in [0, 0.1) is 11.6 Å². The van der Waals surface area contributed by atoms with E-state index >= 15 is 0 Å². The maximum atomic E-state index is 13.9. The molecule has 2 aromatic carbocycles. The second kappa shape index (κ2) is 4.96. The molecule has 0 radical (unpaired) electrons. The van der Waals surface area contributed by atoms with E-state index in [1.165, 1.54) is 15.9 Å². The van der Waals surface area contributed by atoms with Crippen molar-refractivity contribution in [1.29, 1.82) is 0 Å². The number of hydrogen-bond acceptors (Lipinski definition) is 4. The average Bonchev–Trinajstić information content (AvgIpc) is 3.11. The van der Waals surface area contributed by atoms with Crippen LogP contribution in [0.4, 0.5) is 8.78 Å². The summed E-state index contributed by atoms with van der Waals surface area (Å²) in [5.74, 6) is -0.915. The van der Waals surface area contributed by atoms with E-state index in [9.17, 15) is 8.78 Å². The fourth-order valence-electron chi connectivity index (χ4n) is 2.15. The monoisotopic (exact) mass is 314 g/mol. The number of hydrogen-bond donors (Lipinski definition) is 0. The Kier molecular flexibility index (Phi) is 2.93. The summed E-state index contributed by atoms with van der Waals surface area (Å²) in [5.41, 5.74) is 0.973. The van der Waals surface area contributed by atoms with E-state index in [2.05, 4.69) is 15.3 Å². The third-order valence-corrected chi connectivity index (χ3v) is 4.13. The van der Waals surface area contributed by atoms with Gasteiger partial charge in [0.15, 0.2) is 5.82 Å². The van der Waals surface area contributed by atoms with Crippen molar-refractivity contribution in [2.24, 2.45) is 0 Å². The molecule has 0 aliphatic rings. The van der Waals surface area contributed by atoms with E-state index in [0.29, 0.717) is 4.96 Å². The van der Waals surface area contributed by atoms with Crippen LogP contribution in [0.25, 0.3) is 26.9 Å². The van der Waals surface area contributed by atoms with E-state index in [1.807, 2.05) is 30.3 Å². The highest BCUT2D eigenvalue weighted by Crippen LogP contribution is 2.29. The Morgan fingerprint density at radius 3 is 2.59 bits per heavy atom. The maximum absolute atomic E-state index is 13.9. The molecule has 4 nitrogen and oxygen atoms in total. The van der Waals surface area contributed by atoms with Crippen LogP contribution in [-0.2, 0) is 0 Å². The quantitative estimate of drug-likeness (QED) is 0.565. The lowest BCUT2D eigenvalue weighted by Crippen LogP contribution is -1.94. The van der Waals surface area contributed by atoms with Gasteiger partial charge < -0.3 is 0 Å². The van der Waals surface area contributed by atoms with Crippen molar-refractivity contribution in [3.8, 4) is 22.0 Å². The van der Waals surface area contributed by atoms with E-state index in [0.717, 1.165) is 28.8 Å². The van der Waals surface area contributed by atoms with Gasteiger partial charge in [0.25, 0.3) is 0 Å². The predicted octanol–water partition coefficient (Wildman–Crippen LogP) is 3.80. The summed E-state index contributed by atoms with van der Waals surface area (Å²) in [5, 5.41) is 13.1. The van der Waals surface area contributed by atoms with Crippen LogP contribution >= 0.6 is 11.3 Å². The van der Waals surface area contributed by atoms with Crippen molar-refractivity contribution in [2.45, 2.75) is 0 Å². The largest absolute Gasteiger partial charge is 0.235 e.